The molecule has 0 N–H and O–H groups in total. The number of hydrogen-bond acceptors (Lipinski definition) is 2. The molecule has 0 saturated heterocycles. The van der Waals surface area contributed by atoms with Crippen molar-refractivity contribution in [2.24, 2.45) is 46.3 Å². The largest absolute Gasteiger partial charge is 0.462 e. The number of allylic oxidation sites excluding steroid dienone is 3. The van der Waals surface area contributed by atoms with Crippen molar-refractivity contribution >= 4 is 5.97 Å². The van der Waals surface area contributed by atoms with Crippen LogP contribution in [0.5, 0.6) is 0 Å². The third kappa shape index (κ3) is 11.7. The van der Waals surface area contributed by atoms with Crippen molar-refractivity contribution in [1.82, 2.24) is 0 Å². The Morgan fingerprint density at radius 1 is 0.776 bits per heavy atom. The summed E-state index contributed by atoms with van der Waals surface area (Å²) in [6.45, 7) is 14.9. The Balaban J connectivity index is 1.08. The molecular weight excluding hydrogens is 597 g/mol. The van der Waals surface area contributed by atoms with Gasteiger partial charge >= 0.3 is 5.97 Å². The summed E-state index contributed by atoms with van der Waals surface area (Å²) in [6, 6.07) is 0. The van der Waals surface area contributed by atoms with Crippen molar-refractivity contribution in [2.45, 2.75) is 221 Å². The molecule has 8 atom stereocenters. The average Bonchev–Trinajstić information content (AvgIpc) is 3.43. The highest BCUT2D eigenvalue weighted by molar-refractivity contribution is 5.69. The highest BCUT2D eigenvalue weighted by Gasteiger charge is 2.59. The van der Waals surface area contributed by atoms with E-state index in [2.05, 4.69) is 59.8 Å². The molecule has 282 valence electrons. The molecular formula is C47H82O2. The number of ether oxygens (including phenoxy) is 1. The smallest absolute Gasteiger partial charge is 0.306 e. The lowest BCUT2D eigenvalue weighted by Crippen LogP contribution is -2.51. The molecule has 0 unspecified atom stereocenters. The van der Waals surface area contributed by atoms with E-state index in [0.717, 1.165) is 54.8 Å². The third-order valence-corrected chi connectivity index (χ3v) is 14.7. The number of fused-ring (bicyclic) bond motifs is 5. The molecule has 0 aromatic rings. The Hall–Kier alpha value is -1.05. The summed E-state index contributed by atoms with van der Waals surface area (Å²) in [5.74, 6) is 5.32. The molecule has 0 bridgehead atoms. The maximum absolute atomic E-state index is 12.8. The molecule has 0 aromatic carbocycles. The molecule has 0 radical (unpaired) electrons. The number of carbonyl (C=O) groups is 1. The van der Waals surface area contributed by atoms with Gasteiger partial charge in [-0.2, -0.15) is 0 Å². The number of unbranched alkanes of at least 4 members (excludes halogenated alkanes) is 13. The van der Waals surface area contributed by atoms with Crippen LogP contribution in [0.15, 0.2) is 23.8 Å². The zero-order valence-electron chi connectivity index (χ0n) is 33.7. The standard InChI is InChI=1S/C47H82O2/c1-7-8-9-10-11-12-13-14-15-16-17-18-19-20-21-22-23-27-45(48)49-40-32-34-46(5)39(36-40)28-29-41-43-31-30-42(38(4)26-24-25-37(2)3)47(43,6)35-33-44(41)46/h14-15,28,37-38,40-44H,7-13,16-27,29-36H2,1-6H3/b15-14-/t38-,40+,41+,42-,43+,44+,46+,47-/m1/s1. The Bertz CT molecular complexity index is 1010. The zero-order valence-corrected chi connectivity index (χ0v) is 33.7. The summed E-state index contributed by atoms with van der Waals surface area (Å²) in [7, 11) is 0. The van der Waals surface area contributed by atoms with Gasteiger partial charge in [-0.3, -0.25) is 4.79 Å². The Morgan fingerprint density at radius 3 is 2.10 bits per heavy atom. The molecule has 49 heavy (non-hydrogen) atoms. The topological polar surface area (TPSA) is 26.3 Å². The molecule has 2 heteroatoms. The minimum absolute atomic E-state index is 0.0589. The van der Waals surface area contributed by atoms with E-state index in [-0.39, 0.29) is 12.1 Å². The predicted molar refractivity (Wildman–Crippen MR) is 212 cm³/mol. The van der Waals surface area contributed by atoms with E-state index in [9.17, 15) is 4.79 Å². The number of rotatable bonds is 23. The van der Waals surface area contributed by atoms with Crippen LogP contribution in [0.2, 0.25) is 0 Å². The second kappa shape index (κ2) is 20.9. The van der Waals surface area contributed by atoms with E-state index >= 15 is 0 Å². The fourth-order valence-corrected chi connectivity index (χ4v) is 11.7. The van der Waals surface area contributed by atoms with Crippen molar-refractivity contribution in [3.63, 3.8) is 0 Å². The molecule has 0 spiro atoms. The van der Waals surface area contributed by atoms with Crippen LogP contribution < -0.4 is 0 Å². The molecule has 0 aliphatic heterocycles. The summed E-state index contributed by atoms with van der Waals surface area (Å²) in [6.07, 6.45) is 42.4. The zero-order chi connectivity index (χ0) is 35.1. The summed E-state index contributed by atoms with van der Waals surface area (Å²) in [4.78, 5) is 12.8. The Labute approximate surface area is 305 Å². The maximum atomic E-state index is 12.8. The van der Waals surface area contributed by atoms with Crippen molar-refractivity contribution in [1.29, 1.82) is 0 Å². The number of hydrogen-bond donors (Lipinski definition) is 0. The first-order valence-electron chi connectivity index (χ1n) is 22.2. The normalized spacial score (nSPS) is 31.7. The first-order valence-corrected chi connectivity index (χ1v) is 22.2. The van der Waals surface area contributed by atoms with E-state index in [0.29, 0.717) is 17.3 Å². The van der Waals surface area contributed by atoms with E-state index in [1.807, 2.05) is 0 Å². The SMILES string of the molecule is CCCCCCCC/C=C\CCCCCCCCCC(=O)O[C@H]1CC[C@@]2(C)C(=CC[C@H]3[C@@H]4CC[C@H]([C@H](C)CCCC(C)C)[C@@]4(C)CC[C@@H]32)C1. The lowest BCUT2D eigenvalue weighted by molar-refractivity contribution is -0.151. The monoisotopic (exact) mass is 679 g/mol. The van der Waals surface area contributed by atoms with Crippen LogP contribution in [0, 0.1) is 46.3 Å². The number of esters is 1. The molecule has 3 saturated carbocycles. The molecule has 4 rings (SSSR count). The van der Waals surface area contributed by atoms with Gasteiger partial charge in [0.05, 0.1) is 0 Å². The van der Waals surface area contributed by atoms with Crippen LogP contribution in [0.1, 0.15) is 215 Å². The summed E-state index contributed by atoms with van der Waals surface area (Å²) in [5, 5.41) is 0. The van der Waals surface area contributed by atoms with Gasteiger partial charge in [0.2, 0.25) is 0 Å². The molecule has 2 nitrogen and oxygen atoms in total. The van der Waals surface area contributed by atoms with Crippen LogP contribution in [0.3, 0.4) is 0 Å². The predicted octanol–water partition coefficient (Wildman–Crippen LogP) is 14.8. The van der Waals surface area contributed by atoms with Gasteiger partial charge in [0, 0.05) is 12.8 Å². The molecule has 0 amide bonds. The van der Waals surface area contributed by atoms with Crippen LogP contribution in [-0.4, -0.2) is 12.1 Å². The molecule has 4 aliphatic rings. The van der Waals surface area contributed by atoms with Crippen LogP contribution in [0.4, 0.5) is 0 Å². The lowest BCUT2D eigenvalue weighted by Gasteiger charge is -2.58. The van der Waals surface area contributed by atoms with Crippen LogP contribution in [-0.2, 0) is 9.53 Å². The van der Waals surface area contributed by atoms with E-state index in [1.165, 1.54) is 148 Å². The second-order valence-electron chi connectivity index (χ2n) is 18.7. The lowest BCUT2D eigenvalue weighted by atomic mass is 9.47. The van der Waals surface area contributed by atoms with Gasteiger partial charge in [-0.15, -0.1) is 0 Å². The second-order valence-corrected chi connectivity index (χ2v) is 18.7. The van der Waals surface area contributed by atoms with Crippen molar-refractivity contribution < 1.29 is 9.53 Å². The van der Waals surface area contributed by atoms with Crippen molar-refractivity contribution in [3.05, 3.63) is 23.8 Å². The molecule has 4 aliphatic carbocycles. The Morgan fingerprint density at radius 2 is 1.43 bits per heavy atom. The fraction of sp³-hybridized carbons (Fsp3) is 0.894. The van der Waals surface area contributed by atoms with Crippen LogP contribution >= 0.6 is 0 Å². The summed E-state index contributed by atoms with van der Waals surface area (Å²) in [5.41, 5.74) is 2.53. The van der Waals surface area contributed by atoms with E-state index in [1.54, 1.807) is 5.57 Å². The Kier molecular flexibility index (Phi) is 17.3. The first kappa shape index (κ1) is 40.7. The van der Waals surface area contributed by atoms with E-state index < -0.39 is 0 Å². The van der Waals surface area contributed by atoms with Gasteiger partial charge in [0.1, 0.15) is 6.10 Å². The number of carbonyl (C=O) groups excluding carboxylic acids is 1. The minimum atomic E-state index is 0.0589. The summed E-state index contributed by atoms with van der Waals surface area (Å²) < 4.78 is 6.14. The minimum Gasteiger partial charge on any atom is -0.462 e. The quantitative estimate of drug-likeness (QED) is 0.0611. The fourth-order valence-electron chi connectivity index (χ4n) is 11.7. The molecule has 0 heterocycles. The van der Waals surface area contributed by atoms with Gasteiger partial charge in [-0.25, -0.2) is 0 Å². The van der Waals surface area contributed by atoms with Gasteiger partial charge in [0.15, 0.2) is 0 Å². The highest BCUT2D eigenvalue weighted by atomic mass is 16.5. The average molecular weight is 679 g/mol. The van der Waals surface area contributed by atoms with Gasteiger partial charge in [-0.05, 0) is 123 Å². The van der Waals surface area contributed by atoms with Crippen LogP contribution in [0.25, 0.3) is 0 Å². The van der Waals surface area contributed by atoms with E-state index in [4.69, 9.17) is 4.74 Å². The summed E-state index contributed by atoms with van der Waals surface area (Å²) >= 11 is 0. The van der Waals surface area contributed by atoms with Crippen molar-refractivity contribution in [3.8, 4) is 0 Å². The van der Waals surface area contributed by atoms with Crippen molar-refractivity contribution in [2.75, 3.05) is 0 Å². The van der Waals surface area contributed by atoms with Gasteiger partial charge in [0.25, 0.3) is 0 Å². The molecule has 0 aromatic heterocycles. The third-order valence-electron chi connectivity index (χ3n) is 14.7. The van der Waals surface area contributed by atoms with Gasteiger partial charge in [-0.1, -0.05) is 149 Å². The first-order chi connectivity index (χ1) is 23.7. The maximum Gasteiger partial charge on any atom is 0.306 e. The molecule has 3 fully saturated rings. The van der Waals surface area contributed by atoms with Gasteiger partial charge < -0.3 is 4.74 Å². The highest BCUT2D eigenvalue weighted by Crippen LogP contribution is 2.67.